The second-order valence-corrected chi connectivity index (χ2v) is 5.50. The Kier molecular flexibility index (Phi) is 5.92. The van der Waals surface area contributed by atoms with Gasteiger partial charge in [-0.05, 0) is 44.3 Å². The molecule has 5 heteroatoms. The largest absolute Gasteiger partial charge is 0.401 e. The van der Waals surface area contributed by atoms with E-state index >= 15 is 0 Å². The predicted octanol–water partition coefficient (Wildman–Crippen LogP) is 3.17. The standard InChI is InChI=1S/C13H25F3N2/c1-2-18(11-13(14,15)16)9-8-12(10-17)6-4-3-5-7-12/h2-11,17H2,1H3. The molecule has 2 nitrogen and oxygen atoms in total. The van der Waals surface area contributed by atoms with Crippen molar-refractivity contribution in [1.82, 2.24) is 4.90 Å². The fourth-order valence-corrected chi connectivity index (χ4v) is 2.86. The van der Waals surface area contributed by atoms with E-state index in [1.165, 1.54) is 24.2 Å². The summed E-state index contributed by atoms with van der Waals surface area (Å²) in [5.74, 6) is 0. The molecule has 0 aliphatic heterocycles. The molecule has 0 aromatic heterocycles. The Hall–Kier alpha value is -0.290. The van der Waals surface area contributed by atoms with Crippen molar-refractivity contribution < 1.29 is 13.2 Å². The van der Waals surface area contributed by atoms with Gasteiger partial charge < -0.3 is 5.73 Å². The number of nitrogens with two attached hydrogens (primary N) is 1. The van der Waals surface area contributed by atoms with Crippen LogP contribution in [0, 0.1) is 5.41 Å². The summed E-state index contributed by atoms with van der Waals surface area (Å²) in [4.78, 5) is 1.48. The highest BCUT2D eigenvalue weighted by atomic mass is 19.4. The Balaban J connectivity index is 2.44. The van der Waals surface area contributed by atoms with E-state index in [1.807, 2.05) is 0 Å². The Labute approximate surface area is 108 Å². The second-order valence-electron chi connectivity index (χ2n) is 5.50. The molecule has 1 aliphatic carbocycles. The molecule has 2 N–H and O–H groups in total. The van der Waals surface area contributed by atoms with E-state index in [-0.39, 0.29) is 5.41 Å². The third kappa shape index (κ3) is 5.14. The van der Waals surface area contributed by atoms with Gasteiger partial charge in [0.25, 0.3) is 0 Å². The summed E-state index contributed by atoms with van der Waals surface area (Å²) in [6.45, 7) is 2.54. The SMILES string of the molecule is CCN(CCC1(CN)CCCCC1)CC(F)(F)F. The second kappa shape index (κ2) is 6.75. The summed E-state index contributed by atoms with van der Waals surface area (Å²) in [7, 11) is 0. The first-order valence-electron chi connectivity index (χ1n) is 6.90. The first kappa shape index (κ1) is 15.8. The van der Waals surface area contributed by atoms with Gasteiger partial charge in [-0.25, -0.2) is 0 Å². The maximum atomic E-state index is 12.4. The van der Waals surface area contributed by atoms with E-state index in [4.69, 9.17) is 5.73 Å². The van der Waals surface area contributed by atoms with Crippen LogP contribution < -0.4 is 5.73 Å². The third-order valence-electron chi connectivity index (χ3n) is 4.16. The number of rotatable bonds is 6. The molecule has 108 valence electrons. The fourth-order valence-electron chi connectivity index (χ4n) is 2.86. The van der Waals surface area contributed by atoms with Crippen LogP contribution in [-0.4, -0.2) is 37.3 Å². The first-order chi connectivity index (χ1) is 8.41. The van der Waals surface area contributed by atoms with Crippen molar-refractivity contribution in [1.29, 1.82) is 0 Å². The monoisotopic (exact) mass is 266 g/mol. The Morgan fingerprint density at radius 2 is 1.78 bits per heavy atom. The van der Waals surface area contributed by atoms with Crippen molar-refractivity contribution in [2.24, 2.45) is 11.1 Å². The van der Waals surface area contributed by atoms with Gasteiger partial charge in [-0.15, -0.1) is 0 Å². The maximum Gasteiger partial charge on any atom is 0.401 e. The van der Waals surface area contributed by atoms with Crippen LogP contribution >= 0.6 is 0 Å². The predicted molar refractivity (Wildman–Crippen MR) is 67.4 cm³/mol. The topological polar surface area (TPSA) is 29.3 Å². The van der Waals surface area contributed by atoms with E-state index in [0.29, 0.717) is 19.6 Å². The zero-order valence-electron chi connectivity index (χ0n) is 11.2. The van der Waals surface area contributed by atoms with Crippen LogP contribution in [0.3, 0.4) is 0 Å². The molecule has 1 rings (SSSR count). The molecule has 1 fully saturated rings. The number of nitrogens with zero attached hydrogens (tertiary/aromatic N) is 1. The lowest BCUT2D eigenvalue weighted by atomic mass is 9.72. The van der Waals surface area contributed by atoms with Gasteiger partial charge in [-0.2, -0.15) is 13.2 Å². The van der Waals surface area contributed by atoms with Gasteiger partial charge in [0.2, 0.25) is 0 Å². The van der Waals surface area contributed by atoms with Gasteiger partial charge in [0, 0.05) is 0 Å². The van der Waals surface area contributed by atoms with E-state index in [1.54, 1.807) is 6.92 Å². The Morgan fingerprint density at radius 1 is 1.17 bits per heavy atom. The summed E-state index contributed by atoms with van der Waals surface area (Å²) >= 11 is 0. The molecular formula is C13H25F3N2. The summed E-state index contributed by atoms with van der Waals surface area (Å²) in [5, 5.41) is 0. The van der Waals surface area contributed by atoms with E-state index < -0.39 is 12.7 Å². The molecule has 0 bridgehead atoms. The smallest absolute Gasteiger partial charge is 0.330 e. The van der Waals surface area contributed by atoms with E-state index in [2.05, 4.69) is 0 Å². The minimum Gasteiger partial charge on any atom is -0.330 e. The van der Waals surface area contributed by atoms with Crippen molar-refractivity contribution in [3.05, 3.63) is 0 Å². The van der Waals surface area contributed by atoms with Crippen LogP contribution in [0.4, 0.5) is 13.2 Å². The molecule has 0 unspecified atom stereocenters. The molecule has 0 amide bonds. The number of halogens is 3. The third-order valence-corrected chi connectivity index (χ3v) is 4.16. The van der Waals surface area contributed by atoms with Crippen molar-refractivity contribution in [3.63, 3.8) is 0 Å². The first-order valence-corrected chi connectivity index (χ1v) is 6.90. The molecule has 18 heavy (non-hydrogen) atoms. The van der Waals surface area contributed by atoms with Crippen LogP contribution in [-0.2, 0) is 0 Å². The van der Waals surface area contributed by atoms with Crippen LogP contribution in [0.5, 0.6) is 0 Å². The van der Waals surface area contributed by atoms with Gasteiger partial charge in [0.05, 0.1) is 6.54 Å². The van der Waals surface area contributed by atoms with E-state index in [0.717, 1.165) is 19.3 Å². The van der Waals surface area contributed by atoms with Crippen LogP contribution in [0.1, 0.15) is 45.4 Å². The van der Waals surface area contributed by atoms with Crippen LogP contribution in [0.2, 0.25) is 0 Å². The Morgan fingerprint density at radius 3 is 2.22 bits per heavy atom. The summed E-state index contributed by atoms with van der Waals surface area (Å²) in [6, 6.07) is 0. The summed E-state index contributed by atoms with van der Waals surface area (Å²) in [5.41, 5.74) is 5.95. The maximum absolute atomic E-state index is 12.4. The molecule has 1 aliphatic rings. The van der Waals surface area contributed by atoms with E-state index in [9.17, 15) is 13.2 Å². The van der Waals surface area contributed by atoms with Crippen molar-refractivity contribution in [2.45, 2.75) is 51.6 Å². The van der Waals surface area contributed by atoms with Crippen molar-refractivity contribution in [3.8, 4) is 0 Å². The molecule has 1 saturated carbocycles. The zero-order valence-corrected chi connectivity index (χ0v) is 11.2. The summed E-state index contributed by atoms with van der Waals surface area (Å²) in [6.07, 6.45) is 2.43. The highest BCUT2D eigenvalue weighted by Gasteiger charge is 2.33. The lowest BCUT2D eigenvalue weighted by Crippen LogP contribution is -2.40. The minimum atomic E-state index is -4.10. The molecule has 0 spiro atoms. The number of alkyl halides is 3. The lowest BCUT2D eigenvalue weighted by molar-refractivity contribution is -0.146. The quantitative estimate of drug-likeness (QED) is 0.800. The molecule has 0 saturated heterocycles. The van der Waals surface area contributed by atoms with Gasteiger partial charge in [0.15, 0.2) is 0 Å². The van der Waals surface area contributed by atoms with Gasteiger partial charge in [0.1, 0.15) is 0 Å². The van der Waals surface area contributed by atoms with Gasteiger partial charge in [-0.1, -0.05) is 26.2 Å². The molecule has 0 atom stereocenters. The van der Waals surface area contributed by atoms with Crippen molar-refractivity contribution in [2.75, 3.05) is 26.2 Å². The molecule has 0 aromatic rings. The fraction of sp³-hybridized carbons (Fsp3) is 1.00. The molecule has 0 radical (unpaired) electrons. The average molecular weight is 266 g/mol. The Bertz CT molecular complexity index is 235. The highest BCUT2D eigenvalue weighted by Crippen LogP contribution is 2.38. The average Bonchev–Trinajstić information content (AvgIpc) is 2.34. The number of hydrogen-bond donors (Lipinski definition) is 1. The zero-order chi connectivity index (χ0) is 13.6. The van der Waals surface area contributed by atoms with Gasteiger partial charge in [-0.3, -0.25) is 4.90 Å². The van der Waals surface area contributed by atoms with Crippen LogP contribution in [0.15, 0.2) is 0 Å². The van der Waals surface area contributed by atoms with Gasteiger partial charge >= 0.3 is 6.18 Å². The molecule has 0 aromatic carbocycles. The summed E-state index contributed by atoms with van der Waals surface area (Å²) < 4.78 is 37.1. The highest BCUT2D eigenvalue weighted by molar-refractivity contribution is 4.84. The number of hydrogen-bond acceptors (Lipinski definition) is 2. The normalized spacial score (nSPS) is 20.3. The molecular weight excluding hydrogens is 241 g/mol. The van der Waals surface area contributed by atoms with Crippen LogP contribution in [0.25, 0.3) is 0 Å². The van der Waals surface area contributed by atoms with Crippen molar-refractivity contribution >= 4 is 0 Å². The lowest BCUT2D eigenvalue weighted by Gasteiger charge is -2.38. The molecule has 0 heterocycles. The minimum absolute atomic E-state index is 0.0945.